The number of nitrogens with one attached hydrogen (secondary N) is 1. The number of methoxy groups -OCH3 is 1. The predicted octanol–water partition coefficient (Wildman–Crippen LogP) is 2.33. The predicted molar refractivity (Wildman–Crippen MR) is 79.5 cm³/mol. The molecule has 1 fully saturated rings. The molecule has 0 aromatic heterocycles. The van der Waals surface area contributed by atoms with Crippen molar-refractivity contribution in [1.82, 2.24) is 4.72 Å². The van der Waals surface area contributed by atoms with Crippen LogP contribution in [0.5, 0.6) is 0 Å². The van der Waals surface area contributed by atoms with Crippen molar-refractivity contribution in [3.63, 3.8) is 0 Å². The quantitative estimate of drug-likeness (QED) is 0.847. The highest BCUT2D eigenvalue weighted by Gasteiger charge is 2.19. The fourth-order valence-electron chi connectivity index (χ4n) is 2.61. The first-order chi connectivity index (χ1) is 10.0. The Morgan fingerprint density at radius 1 is 1.29 bits per heavy atom. The first-order valence-electron chi connectivity index (χ1n) is 7.21. The van der Waals surface area contributed by atoms with E-state index in [-0.39, 0.29) is 10.5 Å². The zero-order valence-corrected chi connectivity index (χ0v) is 13.0. The van der Waals surface area contributed by atoms with Gasteiger partial charge in [-0.3, -0.25) is 0 Å². The number of ether oxygens (including phenoxy) is 1. The third-order valence-electron chi connectivity index (χ3n) is 3.85. The number of carbonyl (C=O) groups excluding carboxylic acids is 1. The number of sulfonamides is 1. The maximum absolute atomic E-state index is 12.3. The van der Waals surface area contributed by atoms with Gasteiger partial charge in [0.2, 0.25) is 10.0 Å². The molecule has 1 N–H and O–H groups in total. The standard InChI is InChI=1S/C15H21NO4S/c1-20-15(17)13-8-5-9-14(10-13)21(18,19)16-11-12-6-3-2-4-7-12/h5,8-10,12,16H,2-4,6-7,11H2,1H3. The van der Waals surface area contributed by atoms with Crippen molar-refractivity contribution < 1.29 is 17.9 Å². The van der Waals surface area contributed by atoms with Crippen molar-refractivity contribution in [2.45, 2.75) is 37.0 Å². The summed E-state index contributed by atoms with van der Waals surface area (Å²) < 4.78 is 31.8. The van der Waals surface area contributed by atoms with Crippen LogP contribution >= 0.6 is 0 Å². The van der Waals surface area contributed by atoms with Crippen molar-refractivity contribution in [3.8, 4) is 0 Å². The molecule has 0 amide bonds. The summed E-state index contributed by atoms with van der Waals surface area (Å²) in [7, 11) is -2.31. The second-order valence-corrected chi connectivity index (χ2v) is 7.14. The summed E-state index contributed by atoms with van der Waals surface area (Å²) in [5.41, 5.74) is 0.234. The third kappa shape index (κ3) is 4.28. The van der Waals surface area contributed by atoms with Gasteiger partial charge in [-0.15, -0.1) is 0 Å². The summed E-state index contributed by atoms with van der Waals surface area (Å²) in [4.78, 5) is 11.6. The summed E-state index contributed by atoms with van der Waals surface area (Å²) in [5.74, 6) is -0.128. The molecule has 0 bridgehead atoms. The van der Waals surface area contributed by atoms with Crippen LogP contribution in [0.4, 0.5) is 0 Å². The van der Waals surface area contributed by atoms with E-state index < -0.39 is 16.0 Å². The number of hydrogen-bond acceptors (Lipinski definition) is 4. The minimum Gasteiger partial charge on any atom is -0.465 e. The van der Waals surface area contributed by atoms with E-state index in [2.05, 4.69) is 9.46 Å². The Kier molecular flexibility index (Phi) is 5.36. The van der Waals surface area contributed by atoms with E-state index in [1.54, 1.807) is 6.07 Å². The maximum atomic E-state index is 12.3. The largest absolute Gasteiger partial charge is 0.465 e. The normalized spacial score (nSPS) is 16.6. The summed E-state index contributed by atoms with van der Waals surface area (Å²) in [6.45, 7) is 0.463. The van der Waals surface area contributed by atoms with Crippen LogP contribution < -0.4 is 4.72 Å². The van der Waals surface area contributed by atoms with Gasteiger partial charge in [0.05, 0.1) is 17.6 Å². The SMILES string of the molecule is COC(=O)c1cccc(S(=O)(=O)NCC2CCCCC2)c1. The molecule has 0 spiro atoms. The second-order valence-electron chi connectivity index (χ2n) is 5.38. The molecule has 2 rings (SSSR count). The Morgan fingerprint density at radius 3 is 2.67 bits per heavy atom. The molecule has 1 aromatic rings. The van der Waals surface area contributed by atoms with Crippen molar-refractivity contribution in [1.29, 1.82) is 0 Å². The van der Waals surface area contributed by atoms with Gasteiger partial charge in [-0.1, -0.05) is 25.3 Å². The topological polar surface area (TPSA) is 72.5 Å². The third-order valence-corrected chi connectivity index (χ3v) is 5.27. The van der Waals surface area contributed by atoms with Gasteiger partial charge in [0.1, 0.15) is 0 Å². The number of benzene rings is 1. The molecule has 0 radical (unpaired) electrons. The summed E-state index contributed by atoms with van der Waals surface area (Å²) >= 11 is 0. The van der Waals surface area contributed by atoms with E-state index in [1.807, 2.05) is 0 Å². The first kappa shape index (κ1) is 16.0. The lowest BCUT2D eigenvalue weighted by Crippen LogP contribution is -2.30. The van der Waals surface area contributed by atoms with Crippen molar-refractivity contribution in [2.75, 3.05) is 13.7 Å². The maximum Gasteiger partial charge on any atom is 0.337 e. The Morgan fingerprint density at radius 2 is 2.00 bits per heavy atom. The van der Waals surface area contributed by atoms with Crippen LogP contribution in [0.25, 0.3) is 0 Å². The van der Waals surface area contributed by atoms with Gasteiger partial charge in [-0.2, -0.15) is 0 Å². The Balaban J connectivity index is 2.06. The minimum atomic E-state index is -3.58. The molecular formula is C15H21NO4S. The highest BCUT2D eigenvalue weighted by atomic mass is 32.2. The summed E-state index contributed by atoms with van der Waals surface area (Å²) in [6, 6.07) is 5.90. The highest BCUT2D eigenvalue weighted by molar-refractivity contribution is 7.89. The van der Waals surface area contributed by atoms with Gasteiger partial charge in [0.25, 0.3) is 0 Å². The molecule has 1 saturated carbocycles. The van der Waals surface area contributed by atoms with Crippen LogP contribution in [0.3, 0.4) is 0 Å². The van der Waals surface area contributed by atoms with Crippen LogP contribution in [0, 0.1) is 5.92 Å². The number of carbonyl (C=O) groups is 1. The zero-order chi connectivity index (χ0) is 15.3. The molecule has 0 unspecified atom stereocenters. The Labute approximate surface area is 125 Å². The minimum absolute atomic E-state index is 0.0983. The number of esters is 1. The fraction of sp³-hybridized carbons (Fsp3) is 0.533. The van der Waals surface area contributed by atoms with E-state index in [9.17, 15) is 13.2 Å². The summed E-state index contributed by atoms with van der Waals surface area (Å²) in [5, 5.41) is 0. The van der Waals surface area contributed by atoms with E-state index in [4.69, 9.17) is 0 Å². The lowest BCUT2D eigenvalue weighted by atomic mass is 9.90. The monoisotopic (exact) mass is 311 g/mol. The molecule has 1 aliphatic carbocycles. The first-order valence-corrected chi connectivity index (χ1v) is 8.69. The van der Waals surface area contributed by atoms with Crippen molar-refractivity contribution in [3.05, 3.63) is 29.8 Å². The van der Waals surface area contributed by atoms with Crippen LogP contribution in [-0.2, 0) is 14.8 Å². The lowest BCUT2D eigenvalue weighted by Gasteiger charge is -2.21. The van der Waals surface area contributed by atoms with Crippen molar-refractivity contribution in [2.24, 2.45) is 5.92 Å². The highest BCUT2D eigenvalue weighted by Crippen LogP contribution is 2.23. The van der Waals surface area contributed by atoms with Gasteiger partial charge in [-0.25, -0.2) is 17.9 Å². The molecule has 0 heterocycles. The van der Waals surface area contributed by atoms with Gasteiger partial charge in [0.15, 0.2) is 0 Å². The van der Waals surface area contributed by atoms with Crippen LogP contribution in [0.15, 0.2) is 29.2 Å². The smallest absolute Gasteiger partial charge is 0.337 e. The van der Waals surface area contributed by atoms with Gasteiger partial charge >= 0.3 is 5.97 Å². The zero-order valence-electron chi connectivity index (χ0n) is 12.2. The van der Waals surface area contributed by atoms with E-state index >= 15 is 0 Å². The molecule has 1 aliphatic rings. The molecular weight excluding hydrogens is 290 g/mol. The molecule has 5 nitrogen and oxygen atoms in total. The van der Waals surface area contributed by atoms with Crippen LogP contribution in [0.1, 0.15) is 42.5 Å². The molecule has 116 valence electrons. The fourth-order valence-corrected chi connectivity index (χ4v) is 3.77. The average molecular weight is 311 g/mol. The second kappa shape index (κ2) is 7.04. The van der Waals surface area contributed by atoms with E-state index in [0.717, 1.165) is 12.8 Å². The summed E-state index contributed by atoms with van der Waals surface area (Å²) in [6.07, 6.45) is 5.73. The Bertz CT molecular complexity index is 591. The Hall–Kier alpha value is -1.40. The molecule has 0 atom stereocenters. The van der Waals surface area contributed by atoms with Gasteiger partial charge in [0, 0.05) is 6.54 Å². The molecule has 0 aliphatic heterocycles. The molecule has 21 heavy (non-hydrogen) atoms. The van der Waals surface area contributed by atoms with Crippen LogP contribution in [0.2, 0.25) is 0 Å². The molecule has 1 aromatic carbocycles. The van der Waals surface area contributed by atoms with Gasteiger partial charge < -0.3 is 4.74 Å². The lowest BCUT2D eigenvalue weighted by molar-refractivity contribution is 0.0600. The molecule has 0 saturated heterocycles. The van der Waals surface area contributed by atoms with E-state index in [0.29, 0.717) is 12.5 Å². The van der Waals surface area contributed by atoms with E-state index in [1.165, 1.54) is 44.6 Å². The molecule has 6 heteroatoms. The van der Waals surface area contributed by atoms with Gasteiger partial charge in [-0.05, 0) is 37.0 Å². The average Bonchev–Trinajstić information content (AvgIpc) is 2.53. The number of rotatable bonds is 5. The number of hydrogen-bond donors (Lipinski definition) is 1. The van der Waals surface area contributed by atoms with Crippen LogP contribution in [-0.4, -0.2) is 28.0 Å². The van der Waals surface area contributed by atoms with Crippen molar-refractivity contribution >= 4 is 16.0 Å².